The van der Waals surface area contributed by atoms with Gasteiger partial charge in [-0.25, -0.2) is 13.5 Å². The van der Waals surface area contributed by atoms with Crippen molar-refractivity contribution >= 4 is 28.5 Å². The molecule has 6 N–H and O–H groups in total. The number of amides is 2. The highest BCUT2D eigenvalue weighted by atomic mass is 19.1. The second kappa shape index (κ2) is 9.09. The number of carbonyl (C=O) groups excluding carboxylic acids is 2. The minimum atomic E-state index is -0.783. The van der Waals surface area contributed by atoms with Crippen molar-refractivity contribution in [1.82, 2.24) is 20.1 Å². The van der Waals surface area contributed by atoms with E-state index >= 15 is 4.39 Å². The van der Waals surface area contributed by atoms with Gasteiger partial charge in [0, 0.05) is 35.3 Å². The van der Waals surface area contributed by atoms with Crippen LogP contribution in [0.1, 0.15) is 46.2 Å². The number of hydrogen-bond donors (Lipinski definition) is 4. The van der Waals surface area contributed by atoms with Crippen LogP contribution in [-0.4, -0.2) is 33.7 Å². The Bertz CT molecular complexity index is 1460. The van der Waals surface area contributed by atoms with Crippen LogP contribution in [0, 0.1) is 11.6 Å². The highest BCUT2D eigenvalue weighted by molar-refractivity contribution is 6.07. The number of hydrogen-bond acceptors (Lipinski definition) is 5. The Morgan fingerprint density at radius 2 is 1.97 bits per heavy atom. The fraction of sp³-hybridized carbons (Fsp3) is 0.208. The second-order valence-corrected chi connectivity index (χ2v) is 8.19. The van der Waals surface area contributed by atoms with E-state index in [1.807, 2.05) is 13.8 Å². The topological polar surface area (TPSA) is 141 Å². The molecule has 0 aliphatic carbocycles. The molecule has 4 aromatic rings. The highest BCUT2D eigenvalue weighted by Gasteiger charge is 2.26. The number of nitrogens with one attached hydrogen (secondary N) is 2. The molecule has 0 bridgehead atoms. The van der Waals surface area contributed by atoms with E-state index in [0.29, 0.717) is 16.5 Å². The maximum absolute atomic E-state index is 15.4. The van der Waals surface area contributed by atoms with E-state index in [2.05, 4.69) is 15.4 Å². The van der Waals surface area contributed by atoms with E-state index in [9.17, 15) is 14.0 Å². The van der Waals surface area contributed by atoms with Crippen molar-refractivity contribution in [2.75, 3.05) is 12.8 Å². The molecule has 0 saturated heterocycles. The number of primary amides is 1. The number of nitrogens with two attached hydrogens (primary N) is 2. The zero-order valence-corrected chi connectivity index (χ0v) is 19.3. The van der Waals surface area contributed by atoms with Crippen LogP contribution in [0.15, 0.2) is 36.5 Å². The number of nitrogen functional groups attached to an aromatic ring is 1. The molecule has 0 saturated carbocycles. The zero-order valence-electron chi connectivity index (χ0n) is 19.3. The van der Waals surface area contributed by atoms with Crippen LogP contribution in [0.25, 0.3) is 22.2 Å². The van der Waals surface area contributed by atoms with Crippen LogP contribution in [0.2, 0.25) is 0 Å². The summed E-state index contributed by atoms with van der Waals surface area (Å²) in [7, 11) is 1.36. The lowest BCUT2D eigenvalue weighted by Crippen LogP contribution is -2.24. The summed E-state index contributed by atoms with van der Waals surface area (Å²) < 4.78 is 35.6. The van der Waals surface area contributed by atoms with Crippen molar-refractivity contribution in [2.45, 2.75) is 26.4 Å². The molecule has 2 aromatic heterocycles. The molecular formula is C24H24F2N6O3. The fourth-order valence-corrected chi connectivity index (χ4v) is 4.02. The Labute approximate surface area is 199 Å². The molecule has 0 aliphatic rings. The number of nitrogens with zero attached hydrogens (tertiary/aromatic N) is 2. The molecule has 9 nitrogen and oxygen atoms in total. The number of aromatic amines is 1. The molecule has 0 spiro atoms. The maximum atomic E-state index is 15.4. The molecule has 4 rings (SSSR count). The van der Waals surface area contributed by atoms with Gasteiger partial charge in [0.15, 0.2) is 0 Å². The summed E-state index contributed by atoms with van der Waals surface area (Å²) in [6.45, 7) is 3.47. The smallest absolute Gasteiger partial charge is 0.255 e. The third-order valence-electron chi connectivity index (χ3n) is 5.67. The van der Waals surface area contributed by atoms with Crippen LogP contribution in [0.4, 0.5) is 14.6 Å². The van der Waals surface area contributed by atoms with Crippen LogP contribution in [0.5, 0.6) is 5.75 Å². The van der Waals surface area contributed by atoms with E-state index in [-0.39, 0.29) is 46.5 Å². The van der Waals surface area contributed by atoms with Gasteiger partial charge in [0.1, 0.15) is 34.5 Å². The minimum Gasteiger partial charge on any atom is -0.496 e. The predicted octanol–water partition coefficient (Wildman–Crippen LogP) is 3.51. The molecular weight excluding hydrogens is 458 g/mol. The number of halogens is 2. The van der Waals surface area contributed by atoms with Gasteiger partial charge in [0.2, 0.25) is 0 Å². The van der Waals surface area contributed by atoms with Gasteiger partial charge in [-0.3, -0.25) is 9.59 Å². The Kier molecular flexibility index (Phi) is 6.16. The molecule has 182 valence electrons. The Hall–Kier alpha value is -4.41. The van der Waals surface area contributed by atoms with Crippen LogP contribution >= 0.6 is 0 Å². The van der Waals surface area contributed by atoms with Crippen molar-refractivity contribution in [3.05, 3.63) is 64.9 Å². The fourth-order valence-electron chi connectivity index (χ4n) is 4.02. The summed E-state index contributed by atoms with van der Waals surface area (Å²) >= 11 is 0. The number of anilines is 1. The van der Waals surface area contributed by atoms with Crippen LogP contribution in [-0.2, 0) is 6.54 Å². The highest BCUT2D eigenvalue weighted by Crippen LogP contribution is 2.36. The van der Waals surface area contributed by atoms with E-state index in [0.717, 1.165) is 6.07 Å². The van der Waals surface area contributed by atoms with E-state index < -0.39 is 23.4 Å². The molecule has 0 radical (unpaired) electrons. The maximum Gasteiger partial charge on any atom is 0.255 e. The zero-order chi connectivity index (χ0) is 25.4. The first-order valence-corrected chi connectivity index (χ1v) is 10.7. The predicted molar refractivity (Wildman–Crippen MR) is 127 cm³/mol. The number of carbonyl (C=O) groups is 2. The summed E-state index contributed by atoms with van der Waals surface area (Å²) in [5.74, 6) is -2.41. The van der Waals surface area contributed by atoms with Gasteiger partial charge >= 0.3 is 0 Å². The molecule has 2 heterocycles. The van der Waals surface area contributed by atoms with E-state index in [4.69, 9.17) is 16.2 Å². The van der Waals surface area contributed by atoms with E-state index in [1.165, 1.54) is 30.0 Å². The monoisotopic (exact) mass is 482 g/mol. The minimum absolute atomic E-state index is 0.000137. The Morgan fingerprint density at radius 3 is 2.63 bits per heavy atom. The summed E-state index contributed by atoms with van der Waals surface area (Å²) in [6.07, 6.45) is 1.60. The molecule has 2 aromatic carbocycles. The summed E-state index contributed by atoms with van der Waals surface area (Å²) in [6, 6.07) is 6.30. The molecule has 0 fully saturated rings. The molecule has 0 atom stereocenters. The normalized spacial score (nSPS) is 11.3. The summed E-state index contributed by atoms with van der Waals surface area (Å²) in [4.78, 5) is 27.8. The molecule has 0 unspecified atom stereocenters. The van der Waals surface area contributed by atoms with Crippen molar-refractivity contribution in [3.63, 3.8) is 0 Å². The first-order valence-electron chi connectivity index (χ1n) is 10.7. The quantitative estimate of drug-likeness (QED) is 0.319. The van der Waals surface area contributed by atoms with Gasteiger partial charge < -0.3 is 26.5 Å². The van der Waals surface area contributed by atoms with Crippen molar-refractivity contribution in [3.8, 4) is 17.0 Å². The molecule has 11 heteroatoms. The second-order valence-electron chi connectivity index (χ2n) is 8.19. The summed E-state index contributed by atoms with van der Waals surface area (Å²) in [5, 5.41) is 7.58. The third-order valence-corrected chi connectivity index (χ3v) is 5.67. The van der Waals surface area contributed by atoms with Crippen LogP contribution in [0.3, 0.4) is 0 Å². The molecule has 35 heavy (non-hydrogen) atoms. The number of aromatic nitrogens is 3. The van der Waals surface area contributed by atoms with Gasteiger partial charge in [-0.1, -0.05) is 0 Å². The standard InChI is InChI=1S/C24H24F2N6O3/c1-11(2)32-22(27)19(23(28)33)21(31-32)14-9-17(26)16(20-13(14)6-7-29-20)10-30-24(34)15-8-12(25)4-5-18(15)35-3/h4-9,11,29H,10,27H2,1-3H3,(H2,28,33)(H,30,34). The average molecular weight is 482 g/mol. The number of methoxy groups -OCH3 is 1. The van der Waals surface area contributed by atoms with Gasteiger partial charge in [-0.05, 0) is 44.2 Å². The van der Waals surface area contributed by atoms with Crippen molar-refractivity contribution in [1.29, 1.82) is 0 Å². The lowest BCUT2D eigenvalue weighted by atomic mass is 9.99. The largest absolute Gasteiger partial charge is 0.496 e. The number of fused-ring (bicyclic) bond motifs is 1. The van der Waals surface area contributed by atoms with Gasteiger partial charge in [0.25, 0.3) is 11.8 Å². The number of ether oxygens (including phenoxy) is 1. The SMILES string of the molecule is COc1ccc(F)cc1C(=O)NCc1c(F)cc(-c2nn(C(C)C)c(N)c2C(N)=O)c2cc[nH]c12. The molecule has 2 amide bonds. The number of rotatable bonds is 7. The van der Waals surface area contributed by atoms with Crippen molar-refractivity contribution in [2.24, 2.45) is 5.73 Å². The first-order chi connectivity index (χ1) is 16.6. The van der Waals surface area contributed by atoms with Crippen LogP contribution < -0.4 is 21.5 Å². The summed E-state index contributed by atoms with van der Waals surface area (Å²) in [5.41, 5.74) is 12.7. The van der Waals surface area contributed by atoms with E-state index in [1.54, 1.807) is 12.3 Å². The van der Waals surface area contributed by atoms with Gasteiger partial charge in [0.05, 0.1) is 18.2 Å². The Balaban J connectivity index is 1.75. The average Bonchev–Trinajstić information content (AvgIpc) is 3.42. The lowest BCUT2D eigenvalue weighted by molar-refractivity contribution is 0.0946. The third kappa shape index (κ3) is 4.16. The van der Waals surface area contributed by atoms with Gasteiger partial charge in [-0.15, -0.1) is 0 Å². The molecule has 0 aliphatic heterocycles. The Morgan fingerprint density at radius 1 is 1.23 bits per heavy atom. The first kappa shape index (κ1) is 23.7. The number of benzene rings is 2. The lowest BCUT2D eigenvalue weighted by Gasteiger charge is -2.12. The van der Waals surface area contributed by atoms with Crippen molar-refractivity contribution < 1.29 is 23.1 Å². The number of H-pyrrole nitrogens is 1. The van der Waals surface area contributed by atoms with Gasteiger partial charge in [-0.2, -0.15) is 5.10 Å².